The molecule has 0 atom stereocenters. The molecule has 110 valence electrons. The van der Waals surface area contributed by atoms with E-state index in [0.29, 0.717) is 29.4 Å². The Morgan fingerprint density at radius 2 is 1.76 bits per heavy atom. The molecule has 0 spiro atoms. The smallest absolute Gasteiger partial charge is 0.204 e. The first kappa shape index (κ1) is 15.6. The molecular formula is C16H15IO4. The van der Waals surface area contributed by atoms with E-state index in [0.717, 1.165) is 15.4 Å². The summed E-state index contributed by atoms with van der Waals surface area (Å²) in [5, 5.41) is 0. The molecule has 5 heteroatoms. The normalized spacial score (nSPS) is 10.0. The van der Waals surface area contributed by atoms with Gasteiger partial charge in [-0.05, 0) is 34.2 Å². The summed E-state index contributed by atoms with van der Waals surface area (Å²) in [4.78, 5) is 11.2. The highest BCUT2D eigenvalue weighted by atomic mass is 127. The lowest BCUT2D eigenvalue weighted by molar-refractivity contribution is 0.111. The van der Waals surface area contributed by atoms with Gasteiger partial charge in [0, 0.05) is 3.57 Å². The van der Waals surface area contributed by atoms with Crippen molar-refractivity contribution in [1.82, 2.24) is 0 Å². The maximum atomic E-state index is 11.2. The van der Waals surface area contributed by atoms with E-state index in [9.17, 15) is 4.79 Å². The van der Waals surface area contributed by atoms with Gasteiger partial charge < -0.3 is 14.2 Å². The van der Waals surface area contributed by atoms with Crippen molar-refractivity contribution in [3.8, 4) is 17.2 Å². The van der Waals surface area contributed by atoms with Crippen molar-refractivity contribution in [3.05, 3.63) is 51.1 Å². The lowest BCUT2D eigenvalue weighted by atomic mass is 10.2. The van der Waals surface area contributed by atoms with E-state index in [1.807, 2.05) is 30.3 Å². The fraction of sp³-hybridized carbons (Fsp3) is 0.188. The van der Waals surface area contributed by atoms with Crippen LogP contribution in [0.3, 0.4) is 0 Å². The van der Waals surface area contributed by atoms with Crippen molar-refractivity contribution in [2.24, 2.45) is 0 Å². The number of ether oxygens (including phenoxy) is 3. The number of carbonyl (C=O) groups is 1. The number of methoxy groups -OCH3 is 2. The summed E-state index contributed by atoms with van der Waals surface area (Å²) in [6.07, 6.45) is 0.754. The Morgan fingerprint density at radius 3 is 2.33 bits per heavy atom. The summed E-state index contributed by atoms with van der Waals surface area (Å²) in [6.45, 7) is 0.414. The minimum absolute atomic E-state index is 0.391. The van der Waals surface area contributed by atoms with Gasteiger partial charge in [0.2, 0.25) is 5.75 Å². The van der Waals surface area contributed by atoms with Crippen LogP contribution in [0.4, 0.5) is 0 Å². The van der Waals surface area contributed by atoms with Crippen LogP contribution in [0.2, 0.25) is 0 Å². The molecule has 0 aliphatic heterocycles. The lowest BCUT2D eigenvalue weighted by Gasteiger charge is -2.16. The Bertz CT molecular complexity index is 626. The molecule has 2 aromatic carbocycles. The van der Waals surface area contributed by atoms with Gasteiger partial charge in [-0.3, -0.25) is 4.79 Å². The van der Waals surface area contributed by atoms with Crippen LogP contribution >= 0.6 is 22.6 Å². The highest BCUT2D eigenvalue weighted by molar-refractivity contribution is 14.1. The van der Waals surface area contributed by atoms with Gasteiger partial charge >= 0.3 is 0 Å². The van der Waals surface area contributed by atoms with Crippen molar-refractivity contribution in [1.29, 1.82) is 0 Å². The van der Waals surface area contributed by atoms with Gasteiger partial charge in [-0.25, -0.2) is 0 Å². The SMILES string of the molecule is COc1c(OCc2ccccc2)cc(I)c(C=O)c1OC. The highest BCUT2D eigenvalue weighted by Crippen LogP contribution is 2.42. The van der Waals surface area contributed by atoms with Crippen LogP contribution in [0.1, 0.15) is 15.9 Å². The van der Waals surface area contributed by atoms with Crippen molar-refractivity contribution in [3.63, 3.8) is 0 Å². The van der Waals surface area contributed by atoms with Crippen molar-refractivity contribution in [2.45, 2.75) is 6.61 Å². The first-order valence-corrected chi connectivity index (χ1v) is 7.35. The molecule has 21 heavy (non-hydrogen) atoms. The third-order valence-electron chi connectivity index (χ3n) is 2.95. The molecule has 0 aliphatic carbocycles. The van der Waals surface area contributed by atoms with E-state index >= 15 is 0 Å². The fourth-order valence-electron chi connectivity index (χ4n) is 1.95. The first-order valence-electron chi connectivity index (χ1n) is 6.27. The Morgan fingerprint density at radius 1 is 1.10 bits per heavy atom. The zero-order chi connectivity index (χ0) is 15.2. The van der Waals surface area contributed by atoms with E-state index in [2.05, 4.69) is 22.6 Å². The first-order chi connectivity index (χ1) is 10.2. The van der Waals surface area contributed by atoms with E-state index in [1.54, 1.807) is 6.07 Å². The number of hydrogen-bond acceptors (Lipinski definition) is 4. The number of halogens is 1. The largest absolute Gasteiger partial charge is 0.492 e. The maximum absolute atomic E-state index is 11.2. The van der Waals surface area contributed by atoms with E-state index in [-0.39, 0.29) is 0 Å². The average Bonchev–Trinajstić information content (AvgIpc) is 2.53. The summed E-state index contributed by atoms with van der Waals surface area (Å²) in [5.41, 5.74) is 1.51. The number of carbonyl (C=O) groups excluding carboxylic acids is 1. The standard InChI is InChI=1S/C16H15IO4/c1-19-15-12(9-18)13(17)8-14(16(15)20-2)21-10-11-6-4-3-5-7-11/h3-9H,10H2,1-2H3. The number of rotatable bonds is 6. The van der Waals surface area contributed by atoms with Crippen LogP contribution in [-0.2, 0) is 6.61 Å². The second kappa shape index (κ2) is 7.31. The van der Waals surface area contributed by atoms with Crippen molar-refractivity contribution >= 4 is 28.9 Å². The molecule has 0 saturated heterocycles. The maximum Gasteiger partial charge on any atom is 0.204 e. The number of benzene rings is 2. The summed E-state index contributed by atoms with van der Waals surface area (Å²) in [7, 11) is 3.02. The second-order valence-corrected chi connectivity index (χ2v) is 5.39. The van der Waals surface area contributed by atoms with Gasteiger partial charge in [0.05, 0.1) is 19.8 Å². The zero-order valence-electron chi connectivity index (χ0n) is 11.8. The Labute approximate surface area is 137 Å². The van der Waals surface area contributed by atoms with Crippen molar-refractivity contribution in [2.75, 3.05) is 14.2 Å². The summed E-state index contributed by atoms with van der Waals surface area (Å²) in [6, 6.07) is 11.6. The third-order valence-corrected chi connectivity index (χ3v) is 3.85. The molecule has 2 rings (SSSR count). The quantitative estimate of drug-likeness (QED) is 0.550. The van der Waals surface area contributed by atoms with Gasteiger partial charge in [0.25, 0.3) is 0 Å². The predicted octanol–water partition coefficient (Wildman–Crippen LogP) is 3.70. The summed E-state index contributed by atoms with van der Waals surface area (Å²) < 4.78 is 17.2. The van der Waals surface area contributed by atoms with Crippen LogP contribution in [0.25, 0.3) is 0 Å². The van der Waals surface area contributed by atoms with Crippen LogP contribution in [0, 0.1) is 3.57 Å². The molecule has 0 radical (unpaired) electrons. The van der Waals surface area contributed by atoms with Crippen LogP contribution in [0.5, 0.6) is 17.2 Å². The van der Waals surface area contributed by atoms with Crippen LogP contribution in [-0.4, -0.2) is 20.5 Å². The highest BCUT2D eigenvalue weighted by Gasteiger charge is 2.19. The van der Waals surface area contributed by atoms with Gasteiger partial charge in [0.1, 0.15) is 6.61 Å². The van der Waals surface area contributed by atoms with Gasteiger partial charge in [-0.2, -0.15) is 0 Å². The molecule has 0 fully saturated rings. The molecule has 0 aromatic heterocycles. The Balaban J connectivity index is 2.34. The number of aldehydes is 1. The minimum atomic E-state index is 0.391. The van der Waals surface area contributed by atoms with E-state index in [4.69, 9.17) is 14.2 Å². The molecule has 0 bridgehead atoms. The molecule has 0 heterocycles. The third kappa shape index (κ3) is 3.47. The zero-order valence-corrected chi connectivity index (χ0v) is 13.9. The molecule has 0 saturated carbocycles. The van der Waals surface area contributed by atoms with Gasteiger partial charge in [-0.15, -0.1) is 0 Å². The summed E-state index contributed by atoms with van der Waals surface area (Å²) in [5.74, 6) is 1.37. The Kier molecular flexibility index (Phi) is 5.44. The average molecular weight is 398 g/mol. The molecule has 0 amide bonds. The molecule has 0 N–H and O–H groups in total. The van der Waals surface area contributed by atoms with E-state index in [1.165, 1.54) is 14.2 Å². The number of hydrogen-bond donors (Lipinski definition) is 0. The fourth-order valence-corrected chi connectivity index (χ4v) is 2.60. The Hall–Kier alpha value is -1.76. The van der Waals surface area contributed by atoms with Crippen molar-refractivity contribution < 1.29 is 19.0 Å². The van der Waals surface area contributed by atoms with E-state index < -0.39 is 0 Å². The summed E-state index contributed by atoms with van der Waals surface area (Å²) >= 11 is 2.08. The van der Waals surface area contributed by atoms with Gasteiger partial charge in [-0.1, -0.05) is 30.3 Å². The molecule has 0 unspecified atom stereocenters. The van der Waals surface area contributed by atoms with Crippen LogP contribution in [0.15, 0.2) is 36.4 Å². The second-order valence-electron chi connectivity index (χ2n) is 4.23. The topological polar surface area (TPSA) is 44.8 Å². The van der Waals surface area contributed by atoms with Crippen LogP contribution < -0.4 is 14.2 Å². The molecular weight excluding hydrogens is 383 g/mol. The predicted molar refractivity (Wildman–Crippen MR) is 88.4 cm³/mol. The lowest BCUT2D eigenvalue weighted by Crippen LogP contribution is -2.03. The molecule has 0 aliphatic rings. The molecule has 4 nitrogen and oxygen atoms in total. The molecule has 2 aromatic rings. The minimum Gasteiger partial charge on any atom is -0.492 e. The monoisotopic (exact) mass is 398 g/mol. The van der Waals surface area contributed by atoms with Gasteiger partial charge in [0.15, 0.2) is 17.8 Å².